The van der Waals surface area contributed by atoms with Gasteiger partial charge in [0, 0.05) is 36.8 Å². The molecule has 3 aliphatic heterocycles. The molecule has 162 valence electrons. The highest BCUT2D eigenvalue weighted by atomic mass is 16.7. The van der Waals surface area contributed by atoms with Gasteiger partial charge in [-0.3, -0.25) is 9.59 Å². The van der Waals surface area contributed by atoms with Gasteiger partial charge in [-0.25, -0.2) is 0 Å². The first-order valence-corrected chi connectivity index (χ1v) is 10.5. The van der Waals surface area contributed by atoms with E-state index in [9.17, 15) is 9.59 Å². The maximum absolute atomic E-state index is 13.0. The van der Waals surface area contributed by atoms with E-state index in [1.807, 2.05) is 24.3 Å². The Kier molecular flexibility index (Phi) is 5.38. The van der Waals surface area contributed by atoms with E-state index in [1.165, 1.54) is 0 Å². The molecule has 0 radical (unpaired) electrons. The van der Waals surface area contributed by atoms with Crippen LogP contribution in [0.4, 0.5) is 5.69 Å². The van der Waals surface area contributed by atoms with Crippen molar-refractivity contribution in [3.8, 4) is 17.2 Å². The van der Waals surface area contributed by atoms with Crippen LogP contribution < -0.4 is 19.1 Å². The molecule has 1 unspecified atom stereocenters. The van der Waals surface area contributed by atoms with Gasteiger partial charge in [-0.2, -0.15) is 0 Å². The summed E-state index contributed by atoms with van der Waals surface area (Å²) in [5, 5.41) is 0. The molecule has 2 aromatic carbocycles. The zero-order valence-electron chi connectivity index (χ0n) is 17.1. The first kappa shape index (κ1) is 19.7. The maximum Gasteiger partial charge on any atom is 0.254 e. The van der Waals surface area contributed by atoms with Gasteiger partial charge in [0.25, 0.3) is 5.91 Å². The second kappa shape index (κ2) is 8.47. The zero-order chi connectivity index (χ0) is 21.2. The van der Waals surface area contributed by atoms with Crippen LogP contribution in [0.25, 0.3) is 0 Å². The van der Waals surface area contributed by atoms with E-state index >= 15 is 0 Å². The molecule has 3 heterocycles. The lowest BCUT2D eigenvalue weighted by Gasteiger charge is -2.33. The number of anilines is 1. The van der Waals surface area contributed by atoms with Crippen LogP contribution in [0.15, 0.2) is 42.5 Å². The SMILES string of the molecule is O=C(c1ccc(N2CCCC2=O)cc1)N1CCOC(COc2ccc3c(c2)OCO3)C1. The van der Waals surface area contributed by atoms with Crippen LogP contribution in [0, 0.1) is 0 Å². The van der Waals surface area contributed by atoms with E-state index in [0.717, 1.165) is 18.7 Å². The van der Waals surface area contributed by atoms with E-state index in [1.54, 1.807) is 28.0 Å². The summed E-state index contributed by atoms with van der Waals surface area (Å²) in [6.45, 7) is 2.74. The van der Waals surface area contributed by atoms with Crippen LogP contribution in [0.5, 0.6) is 17.2 Å². The van der Waals surface area contributed by atoms with Gasteiger partial charge < -0.3 is 28.7 Å². The van der Waals surface area contributed by atoms with Crippen LogP contribution >= 0.6 is 0 Å². The summed E-state index contributed by atoms with van der Waals surface area (Å²) in [4.78, 5) is 28.4. The molecule has 0 N–H and O–H groups in total. The van der Waals surface area contributed by atoms with E-state index < -0.39 is 0 Å². The van der Waals surface area contributed by atoms with Crippen molar-refractivity contribution in [3.63, 3.8) is 0 Å². The second-order valence-corrected chi connectivity index (χ2v) is 7.77. The van der Waals surface area contributed by atoms with Crippen molar-refractivity contribution in [2.24, 2.45) is 0 Å². The molecule has 2 saturated heterocycles. The standard InChI is InChI=1S/C23H24N2O6/c26-22-2-1-9-25(22)17-5-3-16(4-6-17)23(27)24-10-11-28-19(13-24)14-29-18-7-8-20-21(12-18)31-15-30-20/h3-8,12,19H,1-2,9-11,13-15H2. The Balaban J connectivity index is 1.18. The molecule has 31 heavy (non-hydrogen) atoms. The minimum atomic E-state index is -0.218. The highest BCUT2D eigenvalue weighted by molar-refractivity contribution is 5.97. The van der Waals surface area contributed by atoms with Gasteiger partial charge in [0.2, 0.25) is 12.7 Å². The number of hydrogen-bond acceptors (Lipinski definition) is 6. The summed E-state index contributed by atoms with van der Waals surface area (Å²) in [5.74, 6) is 2.13. The zero-order valence-corrected chi connectivity index (χ0v) is 17.1. The summed E-state index contributed by atoms with van der Waals surface area (Å²) in [7, 11) is 0. The highest BCUT2D eigenvalue weighted by Crippen LogP contribution is 2.35. The summed E-state index contributed by atoms with van der Waals surface area (Å²) >= 11 is 0. The predicted molar refractivity (Wildman–Crippen MR) is 112 cm³/mol. The van der Waals surface area contributed by atoms with E-state index in [-0.39, 0.29) is 24.7 Å². The van der Waals surface area contributed by atoms with Crippen LogP contribution in [0.1, 0.15) is 23.2 Å². The van der Waals surface area contributed by atoms with Crippen LogP contribution in [-0.2, 0) is 9.53 Å². The Labute approximate surface area is 180 Å². The van der Waals surface area contributed by atoms with Crippen LogP contribution in [0.2, 0.25) is 0 Å². The molecule has 1 atom stereocenters. The fraction of sp³-hybridized carbons (Fsp3) is 0.391. The van der Waals surface area contributed by atoms with Gasteiger partial charge in [0.15, 0.2) is 11.5 Å². The lowest BCUT2D eigenvalue weighted by molar-refractivity contribution is -0.117. The van der Waals surface area contributed by atoms with Gasteiger partial charge in [-0.15, -0.1) is 0 Å². The molecule has 2 fully saturated rings. The van der Waals surface area contributed by atoms with Crippen molar-refractivity contribution in [3.05, 3.63) is 48.0 Å². The number of rotatable bonds is 5. The monoisotopic (exact) mass is 424 g/mol. The average Bonchev–Trinajstić information content (AvgIpc) is 3.46. The van der Waals surface area contributed by atoms with Crippen LogP contribution in [0.3, 0.4) is 0 Å². The third kappa shape index (κ3) is 4.16. The van der Waals surface area contributed by atoms with E-state index in [2.05, 4.69) is 0 Å². The number of morpholine rings is 1. The molecule has 8 nitrogen and oxygen atoms in total. The number of nitrogens with zero attached hydrogens (tertiary/aromatic N) is 2. The topological polar surface area (TPSA) is 77.5 Å². The largest absolute Gasteiger partial charge is 0.491 e. The summed E-state index contributed by atoms with van der Waals surface area (Å²) in [6, 6.07) is 12.7. The molecule has 5 rings (SSSR count). The predicted octanol–water partition coefficient (Wildman–Crippen LogP) is 2.46. The molecule has 0 aliphatic carbocycles. The smallest absolute Gasteiger partial charge is 0.254 e. The molecule has 0 bridgehead atoms. The Bertz CT molecular complexity index is 977. The molecule has 0 aromatic heterocycles. The Morgan fingerprint density at radius 2 is 1.90 bits per heavy atom. The first-order chi connectivity index (χ1) is 15.2. The number of amides is 2. The molecule has 0 saturated carbocycles. The van der Waals surface area contributed by atoms with Gasteiger partial charge in [-0.05, 0) is 42.8 Å². The molecule has 0 spiro atoms. The quantitative estimate of drug-likeness (QED) is 0.734. The highest BCUT2D eigenvalue weighted by Gasteiger charge is 2.27. The minimum absolute atomic E-state index is 0.0457. The van der Waals surface area contributed by atoms with Gasteiger partial charge in [0.05, 0.1) is 13.2 Å². The lowest BCUT2D eigenvalue weighted by atomic mass is 10.1. The molecular formula is C23H24N2O6. The van der Waals surface area contributed by atoms with Gasteiger partial charge in [0.1, 0.15) is 18.5 Å². The van der Waals surface area contributed by atoms with Gasteiger partial charge in [-0.1, -0.05) is 0 Å². The van der Waals surface area contributed by atoms with E-state index in [4.69, 9.17) is 18.9 Å². The van der Waals surface area contributed by atoms with Crippen LogP contribution in [-0.4, -0.2) is 62.5 Å². The van der Waals surface area contributed by atoms with Crippen molar-refractivity contribution in [2.45, 2.75) is 18.9 Å². The molecule has 2 amide bonds. The summed E-state index contributed by atoms with van der Waals surface area (Å²) in [5.41, 5.74) is 1.45. The first-order valence-electron chi connectivity index (χ1n) is 10.5. The number of fused-ring (bicyclic) bond motifs is 1. The van der Waals surface area contributed by atoms with Crippen molar-refractivity contribution in [2.75, 3.05) is 44.5 Å². The number of benzene rings is 2. The van der Waals surface area contributed by atoms with Crippen molar-refractivity contribution >= 4 is 17.5 Å². The fourth-order valence-corrected chi connectivity index (χ4v) is 4.05. The maximum atomic E-state index is 13.0. The molecule has 2 aromatic rings. The Morgan fingerprint density at radius 3 is 2.71 bits per heavy atom. The van der Waals surface area contributed by atoms with Gasteiger partial charge >= 0.3 is 0 Å². The Morgan fingerprint density at radius 1 is 1.06 bits per heavy atom. The normalized spacial score (nSPS) is 20.3. The van der Waals surface area contributed by atoms with E-state index in [0.29, 0.717) is 55.5 Å². The average molecular weight is 424 g/mol. The number of ether oxygens (including phenoxy) is 4. The minimum Gasteiger partial charge on any atom is -0.491 e. The number of carbonyl (C=O) groups excluding carboxylic acids is 2. The number of hydrogen-bond donors (Lipinski definition) is 0. The number of carbonyl (C=O) groups is 2. The third-order valence-corrected chi connectivity index (χ3v) is 5.71. The van der Waals surface area contributed by atoms with Crippen molar-refractivity contribution in [1.82, 2.24) is 4.90 Å². The molecular weight excluding hydrogens is 400 g/mol. The molecule has 3 aliphatic rings. The fourth-order valence-electron chi connectivity index (χ4n) is 4.05. The second-order valence-electron chi connectivity index (χ2n) is 7.77. The third-order valence-electron chi connectivity index (χ3n) is 5.71. The Hall–Kier alpha value is -3.26. The lowest BCUT2D eigenvalue weighted by Crippen LogP contribution is -2.47. The summed E-state index contributed by atoms with van der Waals surface area (Å²) in [6.07, 6.45) is 1.25. The summed E-state index contributed by atoms with van der Waals surface area (Å²) < 4.78 is 22.3. The van der Waals surface area contributed by atoms with Crippen molar-refractivity contribution in [1.29, 1.82) is 0 Å². The van der Waals surface area contributed by atoms with Crippen molar-refractivity contribution < 1.29 is 28.5 Å². The molecule has 8 heteroatoms.